The van der Waals surface area contributed by atoms with Gasteiger partial charge in [-0.2, -0.15) is 0 Å². The number of anilines is 1. The van der Waals surface area contributed by atoms with Gasteiger partial charge in [-0.1, -0.05) is 11.6 Å². The molecule has 0 saturated heterocycles. The molecule has 0 atom stereocenters. The van der Waals surface area contributed by atoms with Crippen LogP contribution in [-0.2, 0) is 14.8 Å². The first-order valence-corrected chi connectivity index (χ1v) is 8.10. The van der Waals surface area contributed by atoms with E-state index in [0.717, 1.165) is 10.6 Å². The maximum atomic E-state index is 11.9. The number of benzene rings is 1. The van der Waals surface area contributed by atoms with E-state index in [1.165, 1.54) is 13.2 Å². The Hall–Kier alpha value is -1.47. The van der Waals surface area contributed by atoms with Gasteiger partial charge in [0.05, 0.1) is 19.1 Å². The molecule has 1 rings (SSSR count). The van der Waals surface area contributed by atoms with Crippen LogP contribution in [0.4, 0.5) is 5.69 Å². The molecule has 0 saturated carbocycles. The van der Waals surface area contributed by atoms with E-state index in [9.17, 15) is 13.2 Å². The highest BCUT2D eigenvalue weighted by Gasteiger charge is 2.24. The van der Waals surface area contributed by atoms with Crippen molar-refractivity contribution in [2.45, 2.75) is 6.92 Å². The lowest BCUT2D eigenvalue weighted by Crippen LogP contribution is -2.40. The molecule has 0 bridgehead atoms. The Labute approximate surface area is 123 Å². The van der Waals surface area contributed by atoms with Crippen LogP contribution in [0.25, 0.3) is 0 Å². The Morgan fingerprint density at radius 2 is 2.10 bits per heavy atom. The maximum Gasteiger partial charge on any atom is 0.240 e. The summed E-state index contributed by atoms with van der Waals surface area (Å²) in [6.45, 7) is 1.84. The Kier molecular flexibility index (Phi) is 5.64. The molecule has 0 aromatic heterocycles. The van der Waals surface area contributed by atoms with Gasteiger partial charge in [0, 0.05) is 11.6 Å². The van der Waals surface area contributed by atoms with E-state index < -0.39 is 15.9 Å². The first-order valence-electron chi connectivity index (χ1n) is 5.87. The Morgan fingerprint density at radius 3 is 2.60 bits per heavy atom. The molecule has 0 spiro atoms. The van der Waals surface area contributed by atoms with Gasteiger partial charge in [-0.15, -0.1) is 0 Å². The van der Waals surface area contributed by atoms with Gasteiger partial charge < -0.3 is 10.1 Å². The fraction of sp³-hybridized carbons (Fsp3) is 0.417. The number of carbonyl (C=O) groups excluding carboxylic acids is 1. The van der Waals surface area contributed by atoms with Crippen molar-refractivity contribution < 1.29 is 17.9 Å². The predicted molar refractivity (Wildman–Crippen MR) is 78.9 cm³/mol. The highest BCUT2D eigenvalue weighted by atomic mass is 35.5. The van der Waals surface area contributed by atoms with Crippen molar-refractivity contribution in [2.75, 3.05) is 30.8 Å². The summed E-state index contributed by atoms with van der Waals surface area (Å²) in [6, 6.07) is 4.57. The van der Waals surface area contributed by atoms with Crippen LogP contribution in [0.2, 0.25) is 5.02 Å². The van der Waals surface area contributed by atoms with Gasteiger partial charge in [-0.25, -0.2) is 8.42 Å². The van der Waals surface area contributed by atoms with Gasteiger partial charge in [-0.05, 0) is 25.1 Å². The van der Waals surface area contributed by atoms with Gasteiger partial charge in [0.2, 0.25) is 15.9 Å². The molecule has 112 valence electrons. The van der Waals surface area contributed by atoms with Crippen molar-refractivity contribution in [3.63, 3.8) is 0 Å². The lowest BCUT2D eigenvalue weighted by Gasteiger charge is -2.23. The van der Waals surface area contributed by atoms with Gasteiger partial charge in [-0.3, -0.25) is 9.10 Å². The van der Waals surface area contributed by atoms with Crippen LogP contribution in [-0.4, -0.2) is 40.8 Å². The van der Waals surface area contributed by atoms with E-state index in [1.807, 2.05) is 0 Å². The molecule has 0 unspecified atom stereocenters. The molecule has 20 heavy (non-hydrogen) atoms. The van der Waals surface area contributed by atoms with Crippen LogP contribution in [0, 0.1) is 0 Å². The zero-order valence-corrected chi connectivity index (χ0v) is 13.1. The smallest absolute Gasteiger partial charge is 0.240 e. The molecule has 0 aliphatic carbocycles. The average molecular weight is 321 g/mol. The number of amides is 1. The maximum absolute atomic E-state index is 11.9. The third-order valence-corrected chi connectivity index (χ3v) is 3.83. The molecule has 1 N–H and O–H groups in total. The number of sulfonamides is 1. The van der Waals surface area contributed by atoms with Crippen LogP contribution < -0.4 is 14.4 Å². The Balaban J connectivity index is 3.25. The van der Waals surface area contributed by atoms with Crippen molar-refractivity contribution in [1.29, 1.82) is 0 Å². The lowest BCUT2D eigenvalue weighted by atomic mass is 10.3. The zero-order valence-electron chi connectivity index (χ0n) is 11.5. The third kappa shape index (κ3) is 4.28. The van der Waals surface area contributed by atoms with Gasteiger partial charge >= 0.3 is 0 Å². The molecule has 8 heteroatoms. The summed E-state index contributed by atoms with van der Waals surface area (Å²) >= 11 is 5.89. The number of nitrogens with zero attached hydrogens (tertiary/aromatic N) is 1. The molecule has 0 aliphatic rings. The fourth-order valence-corrected chi connectivity index (χ4v) is 2.64. The summed E-state index contributed by atoms with van der Waals surface area (Å²) < 4.78 is 29.9. The van der Waals surface area contributed by atoms with Crippen LogP contribution in [0.15, 0.2) is 18.2 Å². The standard InChI is InChI=1S/C12H17ClN2O4S/c1-4-14-12(16)8-15(20(3,17)18)10-7-9(13)5-6-11(10)19-2/h5-7H,4,8H2,1-3H3,(H,14,16). The van der Waals surface area contributed by atoms with E-state index in [2.05, 4.69) is 5.32 Å². The van der Waals surface area contributed by atoms with E-state index in [1.54, 1.807) is 19.1 Å². The number of nitrogens with one attached hydrogen (secondary N) is 1. The topological polar surface area (TPSA) is 75.7 Å². The number of hydrogen-bond donors (Lipinski definition) is 1. The minimum atomic E-state index is -3.65. The van der Waals surface area contributed by atoms with Crippen molar-refractivity contribution >= 4 is 33.2 Å². The second-order valence-electron chi connectivity index (χ2n) is 4.04. The van der Waals surface area contributed by atoms with E-state index in [-0.39, 0.29) is 12.2 Å². The highest BCUT2D eigenvalue weighted by molar-refractivity contribution is 7.92. The number of rotatable bonds is 6. The molecule has 1 aromatic rings. The van der Waals surface area contributed by atoms with Crippen molar-refractivity contribution in [2.24, 2.45) is 0 Å². The summed E-state index contributed by atoms with van der Waals surface area (Å²) in [6.07, 6.45) is 1.02. The predicted octanol–water partition coefficient (Wildman–Crippen LogP) is 1.25. The Bertz CT molecular complexity index is 589. The summed E-state index contributed by atoms with van der Waals surface area (Å²) in [7, 11) is -2.23. The fourth-order valence-electron chi connectivity index (χ4n) is 1.62. The quantitative estimate of drug-likeness (QED) is 0.856. The number of likely N-dealkylation sites (N-methyl/N-ethyl adjacent to an activating group) is 1. The second-order valence-corrected chi connectivity index (χ2v) is 6.38. The molecule has 0 aliphatic heterocycles. The first kappa shape index (κ1) is 16.6. The molecule has 1 aromatic carbocycles. The number of methoxy groups -OCH3 is 1. The van der Waals surface area contributed by atoms with Crippen LogP contribution in [0.5, 0.6) is 5.75 Å². The number of halogens is 1. The van der Waals surface area contributed by atoms with E-state index in [4.69, 9.17) is 16.3 Å². The third-order valence-electron chi connectivity index (χ3n) is 2.47. The molecular formula is C12H17ClN2O4S. The van der Waals surface area contributed by atoms with E-state index in [0.29, 0.717) is 17.3 Å². The monoisotopic (exact) mass is 320 g/mol. The highest BCUT2D eigenvalue weighted by Crippen LogP contribution is 2.32. The van der Waals surface area contributed by atoms with Crippen LogP contribution in [0.3, 0.4) is 0 Å². The van der Waals surface area contributed by atoms with Crippen molar-refractivity contribution in [3.8, 4) is 5.75 Å². The summed E-state index contributed by atoms with van der Waals surface area (Å²) in [5, 5.41) is 2.90. The van der Waals surface area contributed by atoms with Crippen LogP contribution >= 0.6 is 11.6 Å². The zero-order chi connectivity index (χ0) is 15.3. The first-order chi connectivity index (χ1) is 9.29. The number of ether oxygens (including phenoxy) is 1. The molecular weight excluding hydrogens is 304 g/mol. The second kappa shape index (κ2) is 6.81. The normalized spacial score (nSPS) is 11.0. The van der Waals surface area contributed by atoms with Crippen molar-refractivity contribution in [1.82, 2.24) is 5.32 Å². The summed E-state index contributed by atoms with van der Waals surface area (Å²) in [4.78, 5) is 11.7. The minimum Gasteiger partial charge on any atom is -0.495 e. The lowest BCUT2D eigenvalue weighted by molar-refractivity contribution is -0.119. The number of hydrogen-bond acceptors (Lipinski definition) is 4. The van der Waals surface area contributed by atoms with Gasteiger partial charge in [0.1, 0.15) is 12.3 Å². The van der Waals surface area contributed by atoms with Gasteiger partial charge in [0.25, 0.3) is 0 Å². The average Bonchev–Trinajstić information content (AvgIpc) is 2.35. The molecule has 0 radical (unpaired) electrons. The minimum absolute atomic E-state index is 0.230. The van der Waals surface area contributed by atoms with Crippen LogP contribution in [0.1, 0.15) is 6.92 Å². The number of carbonyl (C=O) groups is 1. The summed E-state index contributed by atoms with van der Waals surface area (Å²) in [5.74, 6) is -0.0796. The molecule has 6 nitrogen and oxygen atoms in total. The molecule has 0 heterocycles. The summed E-state index contributed by atoms with van der Waals surface area (Å²) in [5.41, 5.74) is 0.230. The van der Waals surface area contributed by atoms with E-state index >= 15 is 0 Å². The molecule has 1 amide bonds. The largest absolute Gasteiger partial charge is 0.495 e. The Morgan fingerprint density at radius 1 is 1.45 bits per heavy atom. The van der Waals surface area contributed by atoms with Crippen molar-refractivity contribution in [3.05, 3.63) is 23.2 Å². The molecule has 0 fully saturated rings. The van der Waals surface area contributed by atoms with Gasteiger partial charge in [0.15, 0.2) is 0 Å². The SMILES string of the molecule is CCNC(=O)CN(c1cc(Cl)ccc1OC)S(C)(=O)=O.